The van der Waals surface area contributed by atoms with Gasteiger partial charge in [0.05, 0.1) is 6.04 Å². The zero-order valence-corrected chi connectivity index (χ0v) is 21.6. The van der Waals surface area contributed by atoms with Crippen molar-refractivity contribution in [2.45, 2.75) is 19.0 Å². The lowest BCUT2D eigenvalue weighted by Gasteiger charge is -2.42. The van der Waals surface area contributed by atoms with Crippen molar-refractivity contribution < 1.29 is 23.8 Å². The number of piperazine rings is 1. The van der Waals surface area contributed by atoms with E-state index in [9.17, 15) is 9.59 Å². The van der Waals surface area contributed by atoms with Gasteiger partial charge in [-0.05, 0) is 17.7 Å². The maximum atomic E-state index is 13.1. The Morgan fingerprint density at radius 2 is 2.00 bits per heavy atom. The van der Waals surface area contributed by atoms with Crippen LogP contribution in [0.2, 0.25) is 5.15 Å². The van der Waals surface area contributed by atoms with Crippen LogP contribution in [0.1, 0.15) is 12.0 Å². The van der Waals surface area contributed by atoms with Crippen LogP contribution in [0.3, 0.4) is 0 Å². The number of rotatable bonds is 8. The molecular formula is C25H28ClN7O5. The molecule has 0 saturated carbocycles. The van der Waals surface area contributed by atoms with Gasteiger partial charge in [-0.15, -0.1) is 0 Å². The molecule has 2 aliphatic rings. The Morgan fingerprint density at radius 3 is 2.79 bits per heavy atom. The lowest BCUT2D eigenvalue weighted by Crippen LogP contribution is -2.57. The fourth-order valence-electron chi connectivity index (χ4n) is 4.49. The standard InChI is InChI=1S/C25H28ClN7O5/c1-36-15-24(35)31-6-7-33(22-12-21(26)29-25(30-22)32-5-4-27-16-32)18(14-31)11-23(34)28-13-17-2-3-19-20(10-17)38-9-8-37-19/h2-5,10,12,16,18H,6-9,11,13-15H2,1H3,(H,28,34). The molecule has 2 aliphatic heterocycles. The summed E-state index contributed by atoms with van der Waals surface area (Å²) in [5, 5.41) is 3.24. The Kier molecular flexibility index (Phi) is 7.89. The van der Waals surface area contributed by atoms with Gasteiger partial charge in [0, 0.05) is 58.2 Å². The van der Waals surface area contributed by atoms with Gasteiger partial charge in [-0.1, -0.05) is 17.7 Å². The second kappa shape index (κ2) is 11.7. The van der Waals surface area contributed by atoms with Crippen molar-refractivity contribution in [2.24, 2.45) is 0 Å². The van der Waals surface area contributed by atoms with E-state index in [1.54, 1.807) is 34.3 Å². The van der Waals surface area contributed by atoms with E-state index in [0.717, 1.165) is 5.56 Å². The molecular weight excluding hydrogens is 514 g/mol. The fraction of sp³-hybridized carbons (Fsp3) is 0.400. The minimum atomic E-state index is -0.341. The van der Waals surface area contributed by atoms with Gasteiger partial charge >= 0.3 is 0 Å². The number of nitrogens with one attached hydrogen (secondary N) is 1. The number of carbonyl (C=O) groups is 2. The number of benzene rings is 1. The Labute approximate surface area is 224 Å². The number of ether oxygens (including phenoxy) is 3. The number of imidazole rings is 1. The van der Waals surface area contributed by atoms with E-state index < -0.39 is 0 Å². The van der Waals surface area contributed by atoms with Gasteiger partial charge in [-0.3, -0.25) is 14.2 Å². The van der Waals surface area contributed by atoms with Gasteiger partial charge in [-0.2, -0.15) is 4.98 Å². The summed E-state index contributed by atoms with van der Waals surface area (Å²) in [6, 6.07) is 6.93. The van der Waals surface area contributed by atoms with Crippen LogP contribution in [-0.2, 0) is 20.9 Å². The normalized spacial score (nSPS) is 16.8. The Bertz CT molecular complexity index is 1290. The summed E-state index contributed by atoms with van der Waals surface area (Å²) < 4.78 is 17.9. The van der Waals surface area contributed by atoms with Crippen molar-refractivity contribution in [2.75, 3.05) is 51.5 Å². The molecule has 0 spiro atoms. The molecule has 200 valence electrons. The Morgan fingerprint density at radius 1 is 1.16 bits per heavy atom. The first-order chi connectivity index (χ1) is 18.5. The topological polar surface area (TPSA) is 124 Å². The Balaban J connectivity index is 1.31. The molecule has 1 aromatic carbocycles. The smallest absolute Gasteiger partial charge is 0.248 e. The van der Waals surface area contributed by atoms with Crippen molar-refractivity contribution in [3.05, 3.63) is 53.7 Å². The second-order valence-corrected chi connectivity index (χ2v) is 9.28. The van der Waals surface area contributed by atoms with E-state index in [4.69, 9.17) is 25.8 Å². The zero-order valence-electron chi connectivity index (χ0n) is 20.9. The molecule has 5 rings (SSSR count). The Hall–Kier alpha value is -3.90. The zero-order chi connectivity index (χ0) is 26.5. The summed E-state index contributed by atoms with van der Waals surface area (Å²) in [6.07, 6.45) is 5.07. The summed E-state index contributed by atoms with van der Waals surface area (Å²) in [5.74, 6) is 2.01. The van der Waals surface area contributed by atoms with E-state index in [2.05, 4.69) is 20.3 Å². The van der Waals surface area contributed by atoms with Crippen LogP contribution in [0, 0.1) is 0 Å². The molecule has 1 atom stereocenters. The first-order valence-corrected chi connectivity index (χ1v) is 12.6. The first-order valence-electron chi connectivity index (χ1n) is 12.2. The molecule has 1 fully saturated rings. The van der Waals surface area contributed by atoms with Gasteiger partial charge in [0.25, 0.3) is 0 Å². The third-order valence-corrected chi connectivity index (χ3v) is 6.51. The highest BCUT2D eigenvalue weighted by Crippen LogP contribution is 2.30. The summed E-state index contributed by atoms with van der Waals surface area (Å²) in [6.45, 7) is 2.58. The molecule has 0 radical (unpaired) electrons. The molecule has 38 heavy (non-hydrogen) atoms. The summed E-state index contributed by atoms with van der Waals surface area (Å²) in [7, 11) is 1.48. The number of carbonyl (C=O) groups excluding carboxylic acids is 2. The van der Waals surface area contributed by atoms with Crippen LogP contribution in [0.4, 0.5) is 5.82 Å². The highest BCUT2D eigenvalue weighted by molar-refractivity contribution is 6.29. The van der Waals surface area contributed by atoms with E-state index in [1.165, 1.54) is 7.11 Å². The van der Waals surface area contributed by atoms with Gasteiger partial charge in [0.2, 0.25) is 17.8 Å². The van der Waals surface area contributed by atoms with E-state index >= 15 is 0 Å². The molecule has 1 saturated heterocycles. The van der Waals surface area contributed by atoms with Gasteiger partial charge in [-0.25, -0.2) is 9.97 Å². The first kappa shape index (κ1) is 25.7. The third-order valence-electron chi connectivity index (χ3n) is 6.32. The number of aromatic nitrogens is 4. The largest absolute Gasteiger partial charge is 0.486 e. The van der Waals surface area contributed by atoms with Gasteiger partial charge < -0.3 is 29.3 Å². The molecule has 1 unspecified atom stereocenters. The SMILES string of the molecule is COCC(=O)N1CCN(c2cc(Cl)nc(-n3ccnc3)n2)C(CC(=O)NCc2ccc3c(c2)OCCO3)C1. The number of nitrogens with zero attached hydrogens (tertiary/aromatic N) is 6. The predicted molar refractivity (Wildman–Crippen MR) is 138 cm³/mol. The lowest BCUT2D eigenvalue weighted by molar-refractivity contribution is -0.136. The molecule has 2 aromatic heterocycles. The van der Waals surface area contributed by atoms with Crippen LogP contribution in [-0.4, -0.2) is 88.8 Å². The monoisotopic (exact) mass is 541 g/mol. The average molecular weight is 542 g/mol. The van der Waals surface area contributed by atoms with Crippen molar-refractivity contribution in [3.8, 4) is 17.4 Å². The van der Waals surface area contributed by atoms with Crippen LogP contribution in [0.5, 0.6) is 11.5 Å². The number of fused-ring (bicyclic) bond motifs is 1. The highest BCUT2D eigenvalue weighted by atomic mass is 35.5. The predicted octanol–water partition coefficient (Wildman–Crippen LogP) is 1.46. The number of halogens is 1. The average Bonchev–Trinajstić information content (AvgIpc) is 3.47. The van der Waals surface area contributed by atoms with E-state index in [0.29, 0.717) is 62.7 Å². The van der Waals surface area contributed by atoms with Crippen molar-refractivity contribution in [1.29, 1.82) is 0 Å². The summed E-state index contributed by atoms with van der Waals surface area (Å²) in [5.41, 5.74) is 0.896. The van der Waals surface area contributed by atoms with E-state index in [1.807, 2.05) is 23.1 Å². The number of hydrogen-bond donors (Lipinski definition) is 1. The summed E-state index contributed by atoms with van der Waals surface area (Å²) in [4.78, 5) is 42.3. The minimum Gasteiger partial charge on any atom is -0.486 e. The summed E-state index contributed by atoms with van der Waals surface area (Å²) >= 11 is 6.34. The molecule has 1 N–H and O–H groups in total. The minimum absolute atomic E-state index is 0.0207. The molecule has 3 aromatic rings. The molecule has 0 bridgehead atoms. The third kappa shape index (κ3) is 5.97. The quantitative estimate of drug-likeness (QED) is 0.422. The van der Waals surface area contributed by atoms with Crippen LogP contribution >= 0.6 is 11.6 Å². The van der Waals surface area contributed by atoms with Crippen LogP contribution in [0.15, 0.2) is 43.0 Å². The fourth-order valence-corrected chi connectivity index (χ4v) is 4.66. The number of hydrogen-bond acceptors (Lipinski definition) is 9. The van der Waals surface area contributed by atoms with Gasteiger partial charge in [0.1, 0.15) is 37.1 Å². The maximum Gasteiger partial charge on any atom is 0.248 e. The number of anilines is 1. The maximum absolute atomic E-state index is 13.1. The molecule has 13 heteroatoms. The van der Waals surface area contributed by atoms with Crippen molar-refractivity contribution in [1.82, 2.24) is 29.7 Å². The molecule has 0 aliphatic carbocycles. The van der Waals surface area contributed by atoms with Crippen LogP contribution < -0.4 is 19.7 Å². The van der Waals surface area contributed by atoms with Crippen LogP contribution in [0.25, 0.3) is 5.95 Å². The molecule has 4 heterocycles. The number of methoxy groups -OCH3 is 1. The van der Waals surface area contributed by atoms with Gasteiger partial charge in [0.15, 0.2) is 11.5 Å². The number of amides is 2. The van der Waals surface area contributed by atoms with Crippen molar-refractivity contribution >= 4 is 29.2 Å². The van der Waals surface area contributed by atoms with Crippen molar-refractivity contribution in [3.63, 3.8) is 0 Å². The second-order valence-electron chi connectivity index (χ2n) is 8.90. The molecule has 12 nitrogen and oxygen atoms in total. The highest BCUT2D eigenvalue weighted by Gasteiger charge is 2.32. The van der Waals surface area contributed by atoms with E-state index in [-0.39, 0.29) is 36.0 Å². The lowest BCUT2D eigenvalue weighted by atomic mass is 10.1. The molecule has 2 amide bonds.